The lowest BCUT2D eigenvalue weighted by molar-refractivity contribution is -0.140. The van der Waals surface area contributed by atoms with Crippen LogP contribution >= 0.6 is 11.6 Å². The third kappa shape index (κ3) is 3.65. The number of carbonyl (C=O) groups excluding carboxylic acids is 2. The summed E-state index contributed by atoms with van der Waals surface area (Å²) in [5.41, 5.74) is 1.86. The smallest absolute Gasteiger partial charge is 0.296 e. The Labute approximate surface area is 172 Å². The summed E-state index contributed by atoms with van der Waals surface area (Å²) in [5.74, 6) is -1.59. The molecule has 0 spiro atoms. The largest absolute Gasteiger partial charge is 0.507 e. The van der Waals surface area contributed by atoms with Gasteiger partial charge in [-0.05, 0) is 29.8 Å². The minimum atomic E-state index is -0.741. The SMILES string of the molecule is O=C1C(=O)N(Cc2ccccn2)C(c2ccc(Cl)cc2)/C1=C(\O)c1ccccc1. The molecule has 0 bridgehead atoms. The fraction of sp³-hybridized carbons (Fsp3) is 0.0870. The molecule has 1 N–H and O–H groups in total. The van der Waals surface area contributed by atoms with Crippen LogP contribution in [0.4, 0.5) is 0 Å². The number of amides is 1. The maximum absolute atomic E-state index is 12.9. The number of halogens is 1. The second-order valence-electron chi connectivity index (χ2n) is 6.67. The Balaban J connectivity index is 1.86. The number of likely N-dealkylation sites (tertiary alicyclic amines) is 1. The lowest BCUT2D eigenvalue weighted by atomic mass is 9.95. The number of Topliss-reactive ketones (excluding diaryl/α,β-unsaturated/α-hetero) is 1. The highest BCUT2D eigenvalue weighted by atomic mass is 35.5. The summed E-state index contributed by atoms with van der Waals surface area (Å²) >= 11 is 6.02. The minimum Gasteiger partial charge on any atom is -0.507 e. The van der Waals surface area contributed by atoms with E-state index in [9.17, 15) is 14.7 Å². The first-order valence-corrected chi connectivity index (χ1v) is 9.43. The number of benzene rings is 2. The third-order valence-electron chi connectivity index (χ3n) is 4.83. The van der Waals surface area contributed by atoms with Crippen LogP contribution in [0.15, 0.2) is 84.6 Å². The Kier molecular flexibility index (Phi) is 5.14. The number of hydrogen-bond donors (Lipinski definition) is 1. The van der Waals surface area contributed by atoms with E-state index in [-0.39, 0.29) is 17.9 Å². The first-order valence-electron chi connectivity index (χ1n) is 9.05. The normalized spacial score (nSPS) is 18.2. The van der Waals surface area contributed by atoms with Crippen molar-refractivity contribution in [3.8, 4) is 0 Å². The summed E-state index contributed by atoms with van der Waals surface area (Å²) in [6, 6.07) is 20.3. The number of aliphatic hydroxyl groups excluding tert-OH is 1. The summed E-state index contributed by atoms with van der Waals surface area (Å²) < 4.78 is 0. The molecule has 1 aromatic heterocycles. The molecule has 6 heteroatoms. The van der Waals surface area contributed by atoms with Gasteiger partial charge in [-0.1, -0.05) is 60.1 Å². The van der Waals surface area contributed by atoms with Gasteiger partial charge in [-0.2, -0.15) is 0 Å². The van der Waals surface area contributed by atoms with E-state index in [1.165, 1.54) is 4.90 Å². The fourth-order valence-corrected chi connectivity index (χ4v) is 3.58. The molecule has 1 amide bonds. The Morgan fingerprint density at radius 1 is 0.966 bits per heavy atom. The van der Waals surface area contributed by atoms with Crippen molar-refractivity contribution in [2.75, 3.05) is 0 Å². The number of aliphatic hydroxyl groups is 1. The van der Waals surface area contributed by atoms with E-state index in [0.717, 1.165) is 0 Å². The van der Waals surface area contributed by atoms with Gasteiger partial charge in [0.15, 0.2) is 0 Å². The molecule has 2 aromatic carbocycles. The van der Waals surface area contributed by atoms with Crippen LogP contribution < -0.4 is 0 Å². The molecule has 4 rings (SSSR count). The van der Waals surface area contributed by atoms with Crippen molar-refractivity contribution < 1.29 is 14.7 Å². The molecule has 2 heterocycles. The average Bonchev–Trinajstić information content (AvgIpc) is 3.00. The number of carbonyl (C=O) groups is 2. The van der Waals surface area contributed by atoms with Crippen LogP contribution in [0.1, 0.15) is 22.9 Å². The molecule has 1 saturated heterocycles. The molecule has 29 heavy (non-hydrogen) atoms. The van der Waals surface area contributed by atoms with E-state index in [1.807, 2.05) is 12.1 Å². The molecular formula is C23H17ClN2O3. The maximum atomic E-state index is 12.9. The second-order valence-corrected chi connectivity index (χ2v) is 7.10. The predicted octanol–water partition coefficient (Wildman–Crippen LogP) is 4.36. The first kappa shape index (κ1) is 18.9. The van der Waals surface area contributed by atoms with Crippen LogP contribution in [0.25, 0.3) is 5.76 Å². The van der Waals surface area contributed by atoms with Gasteiger partial charge in [0.25, 0.3) is 11.7 Å². The zero-order valence-electron chi connectivity index (χ0n) is 15.3. The highest BCUT2D eigenvalue weighted by molar-refractivity contribution is 6.46. The van der Waals surface area contributed by atoms with Gasteiger partial charge in [0.05, 0.1) is 23.9 Å². The topological polar surface area (TPSA) is 70.5 Å². The van der Waals surface area contributed by atoms with Gasteiger partial charge >= 0.3 is 0 Å². The van der Waals surface area contributed by atoms with E-state index in [1.54, 1.807) is 66.9 Å². The molecular weight excluding hydrogens is 388 g/mol. The highest BCUT2D eigenvalue weighted by Gasteiger charge is 2.46. The molecule has 0 radical (unpaired) electrons. The molecule has 1 atom stereocenters. The molecule has 0 aliphatic carbocycles. The van der Waals surface area contributed by atoms with Crippen molar-refractivity contribution in [1.29, 1.82) is 0 Å². The quantitative estimate of drug-likeness (QED) is 0.398. The second kappa shape index (κ2) is 7.89. The van der Waals surface area contributed by atoms with Crippen molar-refractivity contribution in [3.05, 3.63) is 106 Å². The first-order chi connectivity index (χ1) is 14.1. The summed E-state index contributed by atoms with van der Waals surface area (Å²) in [5, 5.41) is 11.5. The molecule has 144 valence electrons. The molecule has 5 nitrogen and oxygen atoms in total. The van der Waals surface area contributed by atoms with Crippen LogP contribution in [0.2, 0.25) is 5.02 Å². The number of ketones is 1. The zero-order valence-corrected chi connectivity index (χ0v) is 16.1. The molecule has 1 aliphatic heterocycles. The Morgan fingerprint density at radius 3 is 2.31 bits per heavy atom. The number of rotatable bonds is 4. The van der Waals surface area contributed by atoms with Crippen molar-refractivity contribution in [1.82, 2.24) is 9.88 Å². The maximum Gasteiger partial charge on any atom is 0.296 e. The Bertz CT molecular complexity index is 1080. The van der Waals surface area contributed by atoms with Crippen molar-refractivity contribution in [3.63, 3.8) is 0 Å². The third-order valence-corrected chi connectivity index (χ3v) is 5.08. The van der Waals surface area contributed by atoms with E-state index in [0.29, 0.717) is 21.8 Å². The summed E-state index contributed by atoms with van der Waals surface area (Å²) in [6.07, 6.45) is 1.63. The monoisotopic (exact) mass is 404 g/mol. The Hall–Kier alpha value is -3.44. The highest BCUT2D eigenvalue weighted by Crippen LogP contribution is 2.40. The zero-order chi connectivity index (χ0) is 20.4. The number of pyridine rings is 1. The van der Waals surface area contributed by atoms with Crippen molar-refractivity contribution >= 4 is 29.1 Å². The predicted molar refractivity (Wildman–Crippen MR) is 110 cm³/mol. The van der Waals surface area contributed by atoms with E-state index in [2.05, 4.69) is 4.98 Å². The van der Waals surface area contributed by atoms with Crippen LogP contribution in [-0.2, 0) is 16.1 Å². The average molecular weight is 405 g/mol. The van der Waals surface area contributed by atoms with Gasteiger partial charge in [0.2, 0.25) is 0 Å². The van der Waals surface area contributed by atoms with E-state index in [4.69, 9.17) is 11.6 Å². The van der Waals surface area contributed by atoms with Crippen molar-refractivity contribution in [2.24, 2.45) is 0 Å². The molecule has 1 aliphatic rings. The fourth-order valence-electron chi connectivity index (χ4n) is 3.45. The summed E-state index contributed by atoms with van der Waals surface area (Å²) in [6.45, 7) is 0.143. The van der Waals surface area contributed by atoms with E-state index >= 15 is 0 Å². The standard InChI is InChI=1S/C23H17ClN2O3/c24-17-11-9-15(10-12-17)20-19(21(27)16-6-2-1-3-7-16)22(28)23(29)26(20)14-18-8-4-5-13-25-18/h1-13,20,27H,14H2/b21-19+. The number of nitrogens with zero attached hydrogens (tertiary/aromatic N) is 2. The van der Waals surface area contributed by atoms with Gasteiger partial charge < -0.3 is 10.0 Å². The number of aromatic nitrogens is 1. The molecule has 1 unspecified atom stereocenters. The number of hydrogen-bond acceptors (Lipinski definition) is 4. The molecule has 3 aromatic rings. The summed E-state index contributed by atoms with van der Waals surface area (Å²) in [7, 11) is 0. The lowest BCUT2D eigenvalue weighted by Crippen LogP contribution is -2.29. The lowest BCUT2D eigenvalue weighted by Gasteiger charge is -2.25. The summed E-state index contributed by atoms with van der Waals surface area (Å²) in [4.78, 5) is 31.5. The van der Waals surface area contributed by atoms with Crippen LogP contribution in [0.3, 0.4) is 0 Å². The van der Waals surface area contributed by atoms with E-state index < -0.39 is 17.7 Å². The molecule has 0 saturated carbocycles. The van der Waals surface area contributed by atoms with Crippen LogP contribution in [-0.4, -0.2) is 26.7 Å². The van der Waals surface area contributed by atoms with Crippen molar-refractivity contribution in [2.45, 2.75) is 12.6 Å². The van der Waals surface area contributed by atoms with Crippen LogP contribution in [0, 0.1) is 0 Å². The van der Waals surface area contributed by atoms with Gasteiger partial charge in [-0.15, -0.1) is 0 Å². The van der Waals surface area contributed by atoms with Gasteiger partial charge in [0, 0.05) is 16.8 Å². The van der Waals surface area contributed by atoms with Gasteiger partial charge in [-0.25, -0.2) is 0 Å². The van der Waals surface area contributed by atoms with Crippen LogP contribution in [0.5, 0.6) is 0 Å². The van der Waals surface area contributed by atoms with Gasteiger partial charge in [-0.3, -0.25) is 14.6 Å². The molecule has 1 fully saturated rings. The minimum absolute atomic E-state index is 0.0550. The van der Waals surface area contributed by atoms with Gasteiger partial charge in [0.1, 0.15) is 5.76 Å². The Morgan fingerprint density at radius 2 is 1.66 bits per heavy atom.